The molecule has 1 aliphatic rings. The second kappa shape index (κ2) is 9.28. The molecule has 0 spiro atoms. The molecule has 1 aromatic carbocycles. The first-order valence-electron chi connectivity index (χ1n) is 9.14. The van der Waals surface area contributed by atoms with E-state index in [4.69, 9.17) is 9.79 Å². The van der Waals surface area contributed by atoms with Gasteiger partial charge in [0.1, 0.15) is 6.04 Å². The lowest BCUT2D eigenvalue weighted by Gasteiger charge is -2.34. The van der Waals surface area contributed by atoms with Gasteiger partial charge in [-0.1, -0.05) is 12.1 Å². The number of rotatable bonds is 6. The van der Waals surface area contributed by atoms with E-state index in [0.29, 0.717) is 25.9 Å². The third kappa shape index (κ3) is 7.13. The predicted octanol–water partition coefficient (Wildman–Crippen LogP) is 2.48. The third-order valence-electron chi connectivity index (χ3n) is 4.90. The molecule has 0 aliphatic carbocycles. The lowest BCUT2D eigenvalue weighted by molar-refractivity contribution is -0.138. The van der Waals surface area contributed by atoms with Crippen molar-refractivity contribution >= 4 is 19.4 Å². The number of hydrogen-bond acceptors (Lipinski definition) is 3. The lowest BCUT2D eigenvalue weighted by atomic mass is 9.88. The van der Waals surface area contributed by atoms with Gasteiger partial charge in [-0.25, -0.2) is 0 Å². The van der Waals surface area contributed by atoms with Crippen molar-refractivity contribution < 1.29 is 37.1 Å². The maximum atomic E-state index is 12.7. The van der Waals surface area contributed by atoms with Gasteiger partial charge in [0.15, 0.2) is 0 Å². The number of nitrogens with zero attached hydrogens (tertiary/aromatic N) is 1. The molecule has 1 aliphatic heterocycles. The maximum absolute atomic E-state index is 12.7. The zero-order valence-electron chi connectivity index (χ0n) is 15.9. The summed E-state index contributed by atoms with van der Waals surface area (Å²) in [5.41, 5.74) is 0.0575. The number of hydrogen-bond donors (Lipinski definition) is 3. The monoisotopic (exact) mass is 436 g/mol. The van der Waals surface area contributed by atoms with E-state index in [1.165, 1.54) is 24.0 Å². The largest absolute Gasteiger partial charge is 0.416 e. The summed E-state index contributed by atoms with van der Waals surface area (Å²) in [6, 6.07) is 3.96. The van der Waals surface area contributed by atoms with Gasteiger partial charge in [-0.05, 0) is 42.9 Å². The van der Waals surface area contributed by atoms with E-state index in [1.54, 1.807) is 0 Å². The Morgan fingerprint density at radius 2 is 1.76 bits per heavy atom. The van der Waals surface area contributed by atoms with Gasteiger partial charge in [-0.15, -0.1) is 0 Å². The van der Waals surface area contributed by atoms with Gasteiger partial charge in [0, 0.05) is 20.0 Å². The Morgan fingerprint density at radius 3 is 2.21 bits per heavy atom. The number of piperidine rings is 1. The summed E-state index contributed by atoms with van der Waals surface area (Å²) in [7, 11) is -4.31. The lowest BCUT2D eigenvalue weighted by Crippen LogP contribution is -2.50. The van der Waals surface area contributed by atoms with Crippen molar-refractivity contribution in [1.29, 1.82) is 0 Å². The Hall–Kier alpha value is -1.90. The fourth-order valence-corrected chi connectivity index (χ4v) is 3.99. The summed E-state index contributed by atoms with van der Waals surface area (Å²) in [5.74, 6) is -0.885. The Bertz CT molecular complexity index is 771. The van der Waals surface area contributed by atoms with Gasteiger partial charge < -0.3 is 20.0 Å². The molecule has 0 saturated carbocycles. The molecule has 2 rings (SSSR count). The van der Waals surface area contributed by atoms with Gasteiger partial charge >= 0.3 is 13.8 Å². The molecule has 3 N–H and O–H groups in total. The van der Waals surface area contributed by atoms with Crippen LogP contribution in [-0.2, 0) is 20.3 Å². The molecule has 11 heteroatoms. The van der Waals surface area contributed by atoms with E-state index in [2.05, 4.69) is 5.32 Å². The summed E-state index contributed by atoms with van der Waals surface area (Å²) in [4.78, 5) is 43.6. The number of benzene rings is 1. The van der Waals surface area contributed by atoms with Crippen LogP contribution in [0.25, 0.3) is 0 Å². The van der Waals surface area contributed by atoms with Crippen LogP contribution in [0.2, 0.25) is 0 Å². The van der Waals surface area contributed by atoms with Crippen molar-refractivity contribution in [3.63, 3.8) is 0 Å². The number of carbonyl (C=O) groups is 2. The molecule has 1 unspecified atom stereocenters. The highest BCUT2D eigenvalue weighted by atomic mass is 31.2. The van der Waals surface area contributed by atoms with E-state index in [-0.39, 0.29) is 12.3 Å². The Kier molecular flexibility index (Phi) is 7.48. The third-order valence-corrected chi connectivity index (χ3v) is 5.74. The molecule has 1 fully saturated rings. The average Bonchev–Trinajstić information content (AvgIpc) is 2.63. The van der Waals surface area contributed by atoms with E-state index < -0.39 is 43.4 Å². The minimum absolute atomic E-state index is 0.00986. The fourth-order valence-electron chi connectivity index (χ4n) is 3.40. The van der Waals surface area contributed by atoms with Gasteiger partial charge in [-0.3, -0.25) is 14.2 Å². The molecule has 29 heavy (non-hydrogen) atoms. The molecule has 0 aromatic heterocycles. The van der Waals surface area contributed by atoms with Crippen LogP contribution in [0.5, 0.6) is 0 Å². The van der Waals surface area contributed by atoms with Crippen LogP contribution in [0, 0.1) is 0 Å². The number of likely N-dealkylation sites (tertiary alicyclic amines) is 1. The van der Waals surface area contributed by atoms with Crippen LogP contribution in [0.1, 0.15) is 43.2 Å². The van der Waals surface area contributed by atoms with Gasteiger partial charge in [0.2, 0.25) is 11.8 Å². The highest BCUT2D eigenvalue weighted by molar-refractivity contribution is 7.51. The number of amides is 2. The maximum Gasteiger partial charge on any atom is 0.416 e. The second-order valence-electron chi connectivity index (χ2n) is 7.15. The minimum Gasteiger partial charge on any atom is -0.345 e. The summed E-state index contributed by atoms with van der Waals surface area (Å²) >= 11 is 0. The van der Waals surface area contributed by atoms with Gasteiger partial charge in [0.05, 0.1) is 11.7 Å². The minimum atomic E-state index is -4.39. The summed E-state index contributed by atoms with van der Waals surface area (Å²) in [6.07, 6.45) is -4.00. The van der Waals surface area contributed by atoms with Crippen LogP contribution in [0.4, 0.5) is 13.2 Å². The molecule has 7 nitrogen and oxygen atoms in total. The number of halogens is 3. The van der Waals surface area contributed by atoms with Crippen molar-refractivity contribution in [1.82, 2.24) is 10.2 Å². The van der Waals surface area contributed by atoms with E-state index in [1.807, 2.05) is 0 Å². The molecule has 0 bridgehead atoms. The first-order valence-corrected chi connectivity index (χ1v) is 10.9. The first-order chi connectivity index (χ1) is 13.4. The predicted molar refractivity (Wildman–Crippen MR) is 99.1 cm³/mol. The molecular formula is C18H24F3N2O5P. The Balaban J connectivity index is 1.97. The summed E-state index contributed by atoms with van der Waals surface area (Å²) in [6.45, 7) is 1.90. The molecular weight excluding hydrogens is 412 g/mol. The van der Waals surface area contributed by atoms with Gasteiger partial charge in [-0.2, -0.15) is 13.2 Å². The SMILES string of the molecule is CC(=O)NC(CCP(=O)(O)O)C(=O)N1CCC(c2ccc(C(F)(F)F)cc2)CC1. The van der Waals surface area contributed by atoms with Crippen LogP contribution in [0.3, 0.4) is 0 Å². The number of alkyl halides is 3. The van der Waals surface area contributed by atoms with Crippen molar-refractivity contribution in [2.45, 2.75) is 44.3 Å². The molecule has 1 atom stereocenters. The van der Waals surface area contributed by atoms with Crippen molar-refractivity contribution in [3.05, 3.63) is 35.4 Å². The Labute approximate surface area is 166 Å². The van der Waals surface area contributed by atoms with Crippen molar-refractivity contribution in [3.8, 4) is 0 Å². The topological polar surface area (TPSA) is 107 Å². The van der Waals surface area contributed by atoms with Crippen LogP contribution in [-0.4, -0.2) is 51.8 Å². The zero-order valence-corrected chi connectivity index (χ0v) is 16.7. The molecule has 1 aromatic rings. The van der Waals surface area contributed by atoms with Crippen LogP contribution < -0.4 is 5.32 Å². The molecule has 0 radical (unpaired) electrons. The van der Waals surface area contributed by atoms with E-state index in [0.717, 1.165) is 17.7 Å². The quantitative estimate of drug-likeness (QED) is 0.594. The second-order valence-corrected chi connectivity index (χ2v) is 8.93. The first kappa shape index (κ1) is 23.4. The van der Waals surface area contributed by atoms with Crippen LogP contribution >= 0.6 is 7.60 Å². The molecule has 1 heterocycles. The highest BCUT2D eigenvalue weighted by Crippen LogP contribution is 2.36. The van der Waals surface area contributed by atoms with Gasteiger partial charge in [0.25, 0.3) is 0 Å². The summed E-state index contributed by atoms with van der Waals surface area (Å²) < 4.78 is 49.1. The van der Waals surface area contributed by atoms with Crippen LogP contribution in [0.15, 0.2) is 24.3 Å². The molecule has 1 saturated heterocycles. The van der Waals surface area contributed by atoms with E-state index in [9.17, 15) is 27.3 Å². The zero-order chi connectivity index (χ0) is 21.8. The smallest absolute Gasteiger partial charge is 0.345 e. The standard InChI is InChI=1S/C18H24F3N2O5P/c1-12(24)22-16(8-11-29(26,27)28)17(25)23-9-6-14(7-10-23)13-2-4-15(5-3-13)18(19,20)21/h2-5,14,16H,6-11H2,1H3,(H,22,24)(H2,26,27,28). The van der Waals surface area contributed by atoms with Crippen molar-refractivity contribution in [2.24, 2.45) is 0 Å². The Morgan fingerprint density at radius 1 is 1.21 bits per heavy atom. The van der Waals surface area contributed by atoms with E-state index >= 15 is 0 Å². The number of nitrogens with one attached hydrogen (secondary N) is 1. The molecule has 2 amide bonds. The summed E-state index contributed by atoms with van der Waals surface area (Å²) in [5, 5.41) is 2.43. The number of carbonyl (C=O) groups excluding carboxylic acids is 2. The average molecular weight is 436 g/mol. The molecule has 162 valence electrons. The fraction of sp³-hybridized carbons (Fsp3) is 0.556. The van der Waals surface area contributed by atoms with Crippen molar-refractivity contribution in [2.75, 3.05) is 19.3 Å². The highest BCUT2D eigenvalue weighted by Gasteiger charge is 2.32. The normalized spacial score (nSPS) is 17.1.